The zero-order chi connectivity index (χ0) is 12.0. The maximum absolute atomic E-state index is 11.4. The van der Waals surface area contributed by atoms with E-state index in [-0.39, 0.29) is 6.42 Å². The van der Waals surface area contributed by atoms with E-state index in [9.17, 15) is 9.59 Å². The van der Waals surface area contributed by atoms with Crippen LogP contribution in [0.5, 0.6) is 0 Å². The van der Waals surface area contributed by atoms with Crippen molar-refractivity contribution >= 4 is 23.5 Å². The van der Waals surface area contributed by atoms with Crippen molar-refractivity contribution in [1.29, 1.82) is 0 Å². The molecule has 0 fully saturated rings. The van der Waals surface area contributed by atoms with E-state index in [1.807, 2.05) is 6.92 Å². The fourth-order valence-electron chi connectivity index (χ4n) is 1.12. The number of halogens is 1. The first kappa shape index (κ1) is 12.7. The predicted molar refractivity (Wildman–Crippen MR) is 61.4 cm³/mol. The third kappa shape index (κ3) is 4.03. The van der Waals surface area contributed by atoms with Crippen LogP contribution in [0, 0.1) is 0 Å². The van der Waals surface area contributed by atoms with Crippen molar-refractivity contribution in [3.63, 3.8) is 0 Å². The lowest BCUT2D eigenvalue weighted by Gasteiger charge is -2.02. The van der Waals surface area contributed by atoms with Gasteiger partial charge in [0, 0.05) is 11.4 Å². The standard InChI is InChI=1S/C12H13ClO3/c1-2-3-4-11(14)16-12(15)9-5-7-10(13)8-6-9/h5-8H,2-4H2,1H3. The summed E-state index contributed by atoms with van der Waals surface area (Å²) in [5, 5.41) is 0.536. The van der Waals surface area contributed by atoms with E-state index in [2.05, 4.69) is 4.74 Å². The molecule has 1 aromatic rings. The van der Waals surface area contributed by atoms with E-state index < -0.39 is 11.9 Å². The molecule has 0 heterocycles. The second-order valence-corrected chi connectivity index (χ2v) is 3.81. The van der Waals surface area contributed by atoms with Crippen molar-refractivity contribution in [3.8, 4) is 0 Å². The van der Waals surface area contributed by atoms with Crippen molar-refractivity contribution < 1.29 is 14.3 Å². The minimum absolute atomic E-state index is 0.274. The van der Waals surface area contributed by atoms with Crippen LogP contribution in [0.1, 0.15) is 36.5 Å². The SMILES string of the molecule is CCCCC(=O)OC(=O)c1ccc(Cl)cc1. The quantitative estimate of drug-likeness (QED) is 0.600. The molecule has 0 saturated carbocycles. The van der Waals surface area contributed by atoms with E-state index in [1.165, 1.54) is 12.1 Å². The van der Waals surface area contributed by atoms with Crippen molar-refractivity contribution in [3.05, 3.63) is 34.9 Å². The molecule has 4 heteroatoms. The molecule has 86 valence electrons. The average molecular weight is 241 g/mol. The summed E-state index contributed by atoms with van der Waals surface area (Å²) in [6, 6.07) is 6.21. The molecule has 16 heavy (non-hydrogen) atoms. The Morgan fingerprint density at radius 3 is 2.44 bits per heavy atom. The third-order valence-electron chi connectivity index (χ3n) is 2.02. The third-order valence-corrected chi connectivity index (χ3v) is 2.27. The number of carbonyl (C=O) groups is 2. The van der Waals surface area contributed by atoms with Crippen molar-refractivity contribution in [2.24, 2.45) is 0 Å². The second-order valence-electron chi connectivity index (χ2n) is 3.37. The highest BCUT2D eigenvalue weighted by atomic mass is 35.5. The molecule has 0 N–H and O–H groups in total. The topological polar surface area (TPSA) is 43.4 Å². The van der Waals surface area contributed by atoms with Crippen molar-refractivity contribution in [2.75, 3.05) is 0 Å². The van der Waals surface area contributed by atoms with Crippen molar-refractivity contribution in [2.45, 2.75) is 26.2 Å². The minimum atomic E-state index is -0.627. The van der Waals surface area contributed by atoms with Crippen LogP contribution >= 0.6 is 11.6 Å². The summed E-state index contributed by atoms with van der Waals surface area (Å²) in [5.41, 5.74) is 0.328. The Morgan fingerprint density at radius 2 is 1.88 bits per heavy atom. The second kappa shape index (κ2) is 6.28. The van der Waals surface area contributed by atoms with Crippen LogP contribution in [-0.4, -0.2) is 11.9 Å². The van der Waals surface area contributed by atoms with Crippen LogP contribution in [0.4, 0.5) is 0 Å². The number of carbonyl (C=O) groups excluding carboxylic acids is 2. The lowest BCUT2D eigenvalue weighted by Crippen LogP contribution is -2.12. The van der Waals surface area contributed by atoms with E-state index >= 15 is 0 Å². The van der Waals surface area contributed by atoms with Crippen LogP contribution in [0.2, 0.25) is 5.02 Å². The Morgan fingerprint density at radius 1 is 1.25 bits per heavy atom. The molecule has 0 unspecified atom stereocenters. The molecule has 0 aliphatic carbocycles. The van der Waals surface area contributed by atoms with E-state index in [0.29, 0.717) is 10.6 Å². The number of hydrogen-bond donors (Lipinski definition) is 0. The molecular formula is C12H13ClO3. The van der Waals surface area contributed by atoms with Crippen LogP contribution in [-0.2, 0) is 9.53 Å². The maximum Gasteiger partial charge on any atom is 0.345 e. The van der Waals surface area contributed by atoms with Crippen LogP contribution < -0.4 is 0 Å². The van der Waals surface area contributed by atoms with Gasteiger partial charge in [-0.05, 0) is 30.7 Å². The van der Waals surface area contributed by atoms with Crippen LogP contribution in [0.3, 0.4) is 0 Å². The smallest absolute Gasteiger partial charge is 0.345 e. The first-order valence-electron chi connectivity index (χ1n) is 5.14. The van der Waals surface area contributed by atoms with Gasteiger partial charge in [-0.1, -0.05) is 24.9 Å². The molecule has 0 bridgehead atoms. The number of esters is 2. The zero-order valence-electron chi connectivity index (χ0n) is 9.03. The van der Waals surface area contributed by atoms with E-state index in [1.54, 1.807) is 12.1 Å². The summed E-state index contributed by atoms with van der Waals surface area (Å²) in [5.74, 6) is -1.11. The Kier molecular flexibility index (Phi) is 4.99. The summed E-state index contributed by atoms with van der Waals surface area (Å²) in [6.45, 7) is 1.97. The van der Waals surface area contributed by atoms with Crippen molar-refractivity contribution in [1.82, 2.24) is 0 Å². The summed E-state index contributed by atoms with van der Waals surface area (Å²) >= 11 is 5.67. The van der Waals surface area contributed by atoms with Gasteiger partial charge in [0.05, 0.1) is 5.56 Å². The maximum atomic E-state index is 11.4. The van der Waals surface area contributed by atoms with E-state index in [0.717, 1.165) is 12.8 Å². The first-order chi connectivity index (χ1) is 7.63. The van der Waals surface area contributed by atoms with Gasteiger partial charge in [-0.2, -0.15) is 0 Å². The van der Waals surface area contributed by atoms with Crippen LogP contribution in [0.25, 0.3) is 0 Å². The highest BCUT2D eigenvalue weighted by Crippen LogP contribution is 2.11. The molecule has 1 rings (SSSR count). The minimum Gasteiger partial charge on any atom is -0.389 e. The molecular weight excluding hydrogens is 228 g/mol. The summed E-state index contributed by atoms with van der Waals surface area (Å²) < 4.78 is 4.66. The molecule has 0 spiro atoms. The van der Waals surface area contributed by atoms with Gasteiger partial charge in [-0.15, -0.1) is 0 Å². The monoisotopic (exact) mass is 240 g/mol. The lowest BCUT2D eigenvalue weighted by molar-refractivity contribution is -0.138. The summed E-state index contributed by atoms with van der Waals surface area (Å²) in [4.78, 5) is 22.6. The highest BCUT2D eigenvalue weighted by Gasteiger charge is 2.11. The summed E-state index contributed by atoms with van der Waals surface area (Å²) in [6.07, 6.45) is 1.90. The van der Waals surface area contributed by atoms with Gasteiger partial charge in [-0.3, -0.25) is 4.79 Å². The zero-order valence-corrected chi connectivity index (χ0v) is 9.79. The summed E-state index contributed by atoms with van der Waals surface area (Å²) in [7, 11) is 0. The number of unbranched alkanes of at least 4 members (excludes halogenated alkanes) is 1. The van der Waals surface area contributed by atoms with Gasteiger partial charge < -0.3 is 4.74 Å². The molecule has 0 amide bonds. The first-order valence-corrected chi connectivity index (χ1v) is 5.52. The molecule has 0 aromatic heterocycles. The number of ether oxygens (including phenoxy) is 1. The Bertz CT molecular complexity index is 370. The highest BCUT2D eigenvalue weighted by molar-refractivity contribution is 6.30. The van der Waals surface area contributed by atoms with E-state index in [4.69, 9.17) is 11.6 Å². The fraction of sp³-hybridized carbons (Fsp3) is 0.333. The largest absolute Gasteiger partial charge is 0.389 e. The molecule has 0 aliphatic rings. The molecule has 0 radical (unpaired) electrons. The van der Waals surface area contributed by atoms with Gasteiger partial charge >= 0.3 is 11.9 Å². The molecule has 0 saturated heterocycles. The Hall–Kier alpha value is -1.35. The molecule has 3 nitrogen and oxygen atoms in total. The van der Waals surface area contributed by atoms with Gasteiger partial charge in [0.1, 0.15) is 0 Å². The normalized spacial score (nSPS) is 9.88. The van der Waals surface area contributed by atoms with Gasteiger partial charge in [0.2, 0.25) is 0 Å². The molecule has 0 atom stereocenters. The fourth-order valence-corrected chi connectivity index (χ4v) is 1.25. The van der Waals surface area contributed by atoms with Gasteiger partial charge in [-0.25, -0.2) is 4.79 Å². The number of benzene rings is 1. The average Bonchev–Trinajstić information content (AvgIpc) is 2.27. The lowest BCUT2D eigenvalue weighted by atomic mass is 10.2. The molecule has 1 aromatic carbocycles. The predicted octanol–water partition coefficient (Wildman–Crippen LogP) is 3.21. The number of rotatable bonds is 4. The Labute approximate surface area is 99.4 Å². The Balaban J connectivity index is 2.52. The van der Waals surface area contributed by atoms with Gasteiger partial charge in [0.25, 0.3) is 0 Å². The van der Waals surface area contributed by atoms with Gasteiger partial charge in [0.15, 0.2) is 0 Å². The van der Waals surface area contributed by atoms with Crippen LogP contribution in [0.15, 0.2) is 24.3 Å². The molecule has 0 aliphatic heterocycles. The number of hydrogen-bond acceptors (Lipinski definition) is 3.